The summed E-state index contributed by atoms with van der Waals surface area (Å²) in [6.45, 7) is 7.61. The van der Waals surface area contributed by atoms with Gasteiger partial charge >= 0.3 is 0 Å². The molecule has 2 heterocycles. The Hall–Kier alpha value is -2.41. The van der Waals surface area contributed by atoms with Gasteiger partial charge in [-0.1, -0.05) is 24.3 Å². The van der Waals surface area contributed by atoms with Crippen molar-refractivity contribution in [3.63, 3.8) is 0 Å². The fourth-order valence-electron chi connectivity index (χ4n) is 3.94. The first-order chi connectivity index (χ1) is 13.1. The SMILES string of the molecule is CC(C)O.CNC(=O)[C@H](C)N1CC[C@@]2(Cc3ccccc3CN2C(C)=O)C1=O. The van der Waals surface area contributed by atoms with Crippen LogP contribution in [0.4, 0.5) is 0 Å². The molecule has 1 saturated heterocycles. The number of carbonyl (C=O) groups is 3. The van der Waals surface area contributed by atoms with Crippen molar-refractivity contribution in [1.29, 1.82) is 0 Å². The van der Waals surface area contributed by atoms with Crippen molar-refractivity contribution in [2.24, 2.45) is 0 Å². The molecular formula is C21H31N3O4. The van der Waals surface area contributed by atoms with Gasteiger partial charge in [0.05, 0.1) is 0 Å². The number of rotatable bonds is 2. The smallest absolute Gasteiger partial charge is 0.249 e. The second-order valence-corrected chi connectivity index (χ2v) is 7.71. The molecule has 2 aliphatic rings. The van der Waals surface area contributed by atoms with E-state index in [1.165, 1.54) is 6.92 Å². The molecule has 2 N–H and O–H groups in total. The monoisotopic (exact) mass is 389 g/mol. The Morgan fingerprint density at radius 1 is 1.18 bits per heavy atom. The first-order valence-electron chi connectivity index (χ1n) is 9.69. The van der Waals surface area contributed by atoms with Crippen LogP contribution < -0.4 is 5.32 Å². The number of likely N-dealkylation sites (N-methyl/N-ethyl adjacent to an activating group) is 1. The minimum absolute atomic E-state index is 0.104. The van der Waals surface area contributed by atoms with Crippen LogP contribution in [-0.4, -0.2) is 63.9 Å². The molecule has 0 unspecified atom stereocenters. The number of aliphatic hydroxyl groups excluding tert-OH is 1. The van der Waals surface area contributed by atoms with Gasteiger partial charge < -0.3 is 20.2 Å². The number of carbonyl (C=O) groups excluding carboxylic acids is 3. The molecule has 1 fully saturated rings. The van der Waals surface area contributed by atoms with Gasteiger partial charge in [0.15, 0.2) is 0 Å². The largest absolute Gasteiger partial charge is 0.394 e. The Balaban J connectivity index is 0.000000640. The fourth-order valence-corrected chi connectivity index (χ4v) is 3.94. The van der Waals surface area contributed by atoms with Crippen LogP contribution in [0.5, 0.6) is 0 Å². The average Bonchev–Trinajstić information content (AvgIpc) is 2.95. The molecular weight excluding hydrogens is 358 g/mol. The third kappa shape index (κ3) is 4.19. The van der Waals surface area contributed by atoms with Crippen molar-refractivity contribution >= 4 is 17.7 Å². The number of nitrogens with zero attached hydrogens (tertiary/aromatic N) is 2. The molecule has 0 bridgehead atoms. The van der Waals surface area contributed by atoms with Crippen molar-refractivity contribution in [2.45, 2.75) is 64.8 Å². The number of benzene rings is 1. The lowest BCUT2D eigenvalue weighted by Gasteiger charge is -2.43. The van der Waals surface area contributed by atoms with E-state index < -0.39 is 11.6 Å². The summed E-state index contributed by atoms with van der Waals surface area (Å²) in [6, 6.07) is 7.40. The van der Waals surface area contributed by atoms with Gasteiger partial charge in [0.1, 0.15) is 11.6 Å². The first-order valence-corrected chi connectivity index (χ1v) is 9.69. The molecule has 2 aliphatic heterocycles. The maximum absolute atomic E-state index is 13.2. The minimum Gasteiger partial charge on any atom is -0.394 e. The van der Waals surface area contributed by atoms with Crippen LogP contribution >= 0.6 is 0 Å². The molecule has 1 spiro atoms. The average molecular weight is 389 g/mol. The summed E-state index contributed by atoms with van der Waals surface area (Å²) in [7, 11) is 1.56. The third-order valence-corrected chi connectivity index (χ3v) is 5.35. The lowest BCUT2D eigenvalue weighted by atomic mass is 9.81. The molecule has 0 radical (unpaired) electrons. The zero-order valence-electron chi connectivity index (χ0n) is 17.4. The lowest BCUT2D eigenvalue weighted by Crippen LogP contribution is -2.60. The van der Waals surface area contributed by atoms with Gasteiger partial charge in [-0.05, 0) is 38.3 Å². The zero-order chi connectivity index (χ0) is 21.1. The van der Waals surface area contributed by atoms with E-state index in [-0.39, 0.29) is 23.8 Å². The van der Waals surface area contributed by atoms with E-state index in [4.69, 9.17) is 5.11 Å². The molecule has 2 atom stereocenters. The first kappa shape index (κ1) is 21.9. The summed E-state index contributed by atoms with van der Waals surface area (Å²) in [4.78, 5) is 40.7. The van der Waals surface area contributed by atoms with E-state index in [0.29, 0.717) is 25.9 Å². The summed E-state index contributed by atoms with van der Waals surface area (Å²) >= 11 is 0. The molecule has 7 nitrogen and oxygen atoms in total. The Morgan fingerprint density at radius 2 is 1.75 bits per heavy atom. The number of fused-ring (bicyclic) bond motifs is 1. The van der Waals surface area contributed by atoms with Crippen molar-refractivity contribution in [3.05, 3.63) is 35.4 Å². The van der Waals surface area contributed by atoms with E-state index >= 15 is 0 Å². The van der Waals surface area contributed by atoms with Crippen molar-refractivity contribution in [2.75, 3.05) is 13.6 Å². The van der Waals surface area contributed by atoms with Crippen LogP contribution in [0, 0.1) is 0 Å². The van der Waals surface area contributed by atoms with Crippen LogP contribution in [0.1, 0.15) is 45.2 Å². The van der Waals surface area contributed by atoms with Crippen molar-refractivity contribution in [1.82, 2.24) is 15.1 Å². The van der Waals surface area contributed by atoms with E-state index in [1.54, 1.807) is 37.6 Å². The topological polar surface area (TPSA) is 89.9 Å². The number of nitrogens with one attached hydrogen (secondary N) is 1. The van der Waals surface area contributed by atoms with Gasteiger partial charge in [0.25, 0.3) is 0 Å². The number of hydrogen-bond acceptors (Lipinski definition) is 4. The molecule has 1 aromatic carbocycles. The second kappa shape index (κ2) is 8.73. The quantitative estimate of drug-likeness (QED) is 0.792. The fraction of sp³-hybridized carbons (Fsp3) is 0.571. The predicted molar refractivity (Wildman–Crippen MR) is 106 cm³/mol. The van der Waals surface area contributed by atoms with Crippen LogP contribution in [-0.2, 0) is 27.3 Å². The van der Waals surface area contributed by atoms with E-state index in [9.17, 15) is 14.4 Å². The maximum Gasteiger partial charge on any atom is 0.249 e. The number of amides is 3. The highest BCUT2D eigenvalue weighted by molar-refractivity contribution is 5.96. The highest BCUT2D eigenvalue weighted by atomic mass is 16.3. The van der Waals surface area contributed by atoms with Gasteiger partial charge in [-0.15, -0.1) is 0 Å². The summed E-state index contributed by atoms with van der Waals surface area (Å²) < 4.78 is 0. The molecule has 28 heavy (non-hydrogen) atoms. The van der Waals surface area contributed by atoms with Crippen LogP contribution in [0.15, 0.2) is 24.3 Å². The van der Waals surface area contributed by atoms with E-state index in [2.05, 4.69) is 5.32 Å². The van der Waals surface area contributed by atoms with E-state index in [0.717, 1.165) is 11.1 Å². The van der Waals surface area contributed by atoms with Crippen molar-refractivity contribution < 1.29 is 19.5 Å². The normalized spacial score (nSPS) is 21.9. The Morgan fingerprint density at radius 3 is 2.29 bits per heavy atom. The van der Waals surface area contributed by atoms with Crippen LogP contribution in [0.2, 0.25) is 0 Å². The number of aliphatic hydroxyl groups is 1. The molecule has 3 rings (SSSR count). The standard InChI is InChI=1S/C18H23N3O3.C3H8O/c1-12(16(23)19-3)20-9-8-18(17(20)24)10-14-6-4-5-7-15(14)11-21(18)13(2)22;1-3(2)4/h4-7,12H,8-11H2,1-3H3,(H,19,23);3-4H,1-2H3/t12-,18+;/m0./s1. The summed E-state index contributed by atoms with van der Waals surface area (Å²) in [5.74, 6) is -0.415. The molecule has 0 aliphatic carbocycles. The summed E-state index contributed by atoms with van der Waals surface area (Å²) in [5, 5.41) is 10.6. The molecule has 3 amide bonds. The van der Waals surface area contributed by atoms with Crippen LogP contribution in [0.3, 0.4) is 0 Å². The molecule has 1 aromatic rings. The number of hydrogen-bond donors (Lipinski definition) is 2. The van der Waals surface area contributed by atoms with Crippen LogP contribution in [0.25, 0.3) is 0 Å². The highest BCUT2D eigenvalue weighted by Gasteiger charge is 2.55. The van der Waals surface area contributed by atoms with Gasteiger partial charge in [-0.3, -0.25) is 14.4 Å². The zero-order valence-corrected chi connectivity index (χ0v) is 17.4. The Labute approximate surface area is 166 Å². The summed E-state index contributed by atoms with van der Waals surface area (Å²) in [5.41, 5.74) is 1.34. The minimum atomic E-state index is -0.859. The molecule has 7 heteroatoms. The highest BCUT2D eigenvalue weighted by Crippen LogP contribution is 2.39. The predicted octanol–water partition coefficient (Wildman–Crippen LogP) is 1.08. The van der Waals surface area contributed by atoms with Gasteiger partial charge in [-0.2, -0.15) is 0 Å². The Kier molecular flexibility index (Phi) is 6.82. The second-order valence-electron chi connectivity index (χ2n) is 7.71. The lowest BCUT2D eigenvalue weighted by molar-refractivity contribution is -0.151. The van der Waals surface area contributed by atoms with E-state index in [1.807, 2.05) is 24.3 Å². The molecule has 0 saturated carbocycles. The van der Waals surface area contributed by atoms with Crippen molar-refractivity contribution in [3.8, 4) is 0 Å². The third-order valence-electron chi connectivity index (χ3n) is 5.35. The number of likely N-dealkylation sites (tertiary alicyclic amines) is 1. The summed E-state index contributed by atoms with van der Waals surface area (Å²) in [6.07, 6.45) is 0.902. The Bertz CT molecular complexity index is 746. The van der Waals surface area contributed by atoms with Gasteiger partial charge in [0, 0.05) is 39.6 Å². The van der Waals surface area contributed by atoms with Gasteiger partial charge in [0.2, 0.25) is 17.7 Å². The van der Waals surface area contributed by atoms with Gasteiger partial charge in [-0.25, -0.2) is 0 Å². The molecule has 154 valence electrons. The molecule has 0 aromatic heterocycles. The maximum atomic E-state index is 13.2.